The molecule has 21 heavy (non-hydrogen) atoms. The number of ether oxygens (including phenoxy) is 1. The third-order valence-electron chi connectivity index (χ3n) is 3.09. The van der Waals surface area contributed by atoms with Gasteiger partial charge in [0, 0.05) is 5.75 Å². The lowest BCUT2D eigenvalue weighted by Crippen LogP contribution is -1.99. The average Bonchev–Trinajstić information content (AvgIpc) is 2.51. The molecule has 0 aliphatic carbocycles. The molecule has 0 saturated carbocycles. The first-order valence-corrected chi connectivity index (χ1v) is 8.20. The van der Waals surface area contributed by atoms with Crippen molar-refractivity contribution in [3.63, 3.8) is 0 Å². The van der Waals surface area contributed by atoms with E-state index in [0.717, 1.165) is 41.4 Å². The maximum absolute atomic E-state index is 9.03. The van der Waals surface area contributed by atoms with E-state index in [1.54, 1.807) is 0 Å². The lowest BCUT2D eigenvalue weighted by Gasteiger charge is -2.07. The van der Waals surface area contributed by atoms with Crippen LogP contribution in [0.4, 0.5) is 0 Å². The van der Waals surface area contributed by atoms with Gasteiger partial charge in [-0.15, -0.1) is 0 Å². The predicted molar refractivity (Wildman–Crippen MR) is 88.6 cm³/mol. The van der Waals surface area contributed by atoms with Crippen LogP contribution in [0.25, 0.3) is 0 Å². The number of rotatable bonds is 7. The molecule has 108 valence electrons. The summed E-state index contributed by atoms with van der Waals surface area (Å²) in [5, 5.41) is 9.03. The SMILES string of the molecule is Cc1cccc(OCCCSCc2ccccc2C#N)c1. The second-order valence-electron chi connectivity index (χ2n) is 4.84. The fourth-order valence-electron chi connectivity index (χ4n) is 1.99. The highest BCUT2D eigenvalue weighted by Crippen LogP contribution is 2.17. The monoisotopic (exact) mass is 297 g/mol. The molecule has 2 nitrogen and oxygen atoms in total. The van der Waals surface area contributed by atoms with Crippen molar-refractivity contribution in [3.05, 3.63) is 65.2 Å². The van der Waals surface area contributed by atoms with E-state index >= 15 is 0 Å². The first kappa shape index (κ1) is 15.5. The summed E-state index contributed by atoms with van der Waals surface area (Å²) >= 11 is 1.84. The quantitative estimate of drug-likeness (QED) is 0.702. The van der Waals surface area contributed by atoms with Crippen molar-refractivity contribution in [2.75, 3.05) is 12.4 Å². The van der Waals surface area contributed by atoms with E-state index in [1.807, 2.05) is 48.2 Å². The van der Waals surface area contributed by atoms with E-state index in [4.69, 9.17) is 10.00 Å². The molecule has 0 radical (unpaired) electrons. The van der Waals surface area contributed by atoms with E-state index in [0.29, 0.717) is 0 Å². The molecule has 2 rings (SSSR count). The van der Waals surface area contributed by atoms with Gasteiger partial charge in [-0.05, 0) is 48.4 Å². The minimum absolute atomic E-state index is 0.732. The van der Waals surface area contributed by atoms with Crippen LogP contribution in [0.5, 0.6) is 5.75 Å². The fourth-order valence-corrected chi connectivity index (χ4v) is 2.93. The van der Waals surface area contributed by atoms with E-state index in [1.165, 1.54) is 5.56 Å². The maximum Gasteiger partial charge on any atom is 0.119 e. The van der Waals surface area contributed by atoms with Crippen molar-refractivity contribution in [1.29, 1.82) is 5.26 Å². The van der Waals surface area contributed by atoms with Crippen LogP contribution < -0.4 is 4.74 Å². The molecule has 0 saturated heterocycles. The van der Waals surface area contributed by atoms with Crippen LogP contribution in [0.15, 0.2) is 48.5 Å². The van der Waals surface area contributed by atoms with Gasteiger partial charge in [-0.3, -0.25) is 0 Å². The van der Waals surface area contributed by atoms with E-state index in [2.05, 4.69) is 25.1 Å². The number of benzene rings is 2. The molecule has 0 aliphatic rings. The van der Waals surface area contributed by atoms with Crippen molar-refractivity contribution in [1.82, 2.24) is 0 Å². The lowest BCUT2D eigenvalue weighted by molar-refractivity contribution is 0.318. The summed E-state index contributed by atoms with van der Waals surface area (Å²) in [6.07, 6.45) is 1.01. The Balaban J connectivity index is 1.65. The molecule has 2 aromatic carbocycles. The van der Waals surface area contributed by atoms with Gasteiger partial charge < -0.3 is 4.74 Å². The number of hydrogen-bond donors (Lipinski definition) is 0. The van der Waals surface area contributed by atoms with Crippen molar-refractivity contribution in [2.45, 2.75) is 19.1 Å². The van der Waals surface area contributed by atoms with E-state index in [-0.39, 0.29) is 0 Å². The summed E-state index contributed by atoms with van der Waals surface area (Å²) in [6.45, 7) is 2.80. The zero-order valence-corrected chi connectivity index (χ0v) is 13.0. The summed E-state index contributed by atoms with van der Waals surface area (Å²) in [6, 6.07) is 18.1. The summed E-state index contributed by atoms with van der Waals surface area (Å²) in [5.74, 6) is 2.86. The van der Waals surface area contributed by atoms with Gasteiger partial charge in [0.25, 0.3) is 0 Å². The molecule has 0 amide bonds. The molecule has 0 atom stereocenters. The van der Waals surface area contributed by atoms with Crippen LogP contribution >= 0.6 is 11.8 Å². The van der Waals surface area contributed by atoms with Crippen molar-refractivity contribution in [2.24, 2.45) is 0 Å². The van der Waals surface area contributed by atoms with Crippen LogP contribution in [-0.4, -0.2) is 12.4 Å². The van der Waals surface area contributed by atoms with Gasteiger partial charge in [0.1, 0.15) is 5.75 Å². The van der Waals surface area contributed by atoms with Crippen molar-refractivity contribution in [3.8, 4) is 11.8 Å². The zero-order chi connectivity index (χ0) is 14.9. The van der Waals surface area contributed by atoms with E-state index < -0.39 is 0 Å². The molecular formula is C18H19NOS. The number of nitrogens with zero attached hydrogens (tertiary/aromatic N) is 1. The fraction of sp³-hybridized carbons (Fsp3) is 0.278. The van der Waals surface area contributed by atoms with E-state index in [9.17, 15) is 0 Å². The third kappa shape index (κ3) is 5.17. The molecule has 0 aromatic heterocycles. The number of aryl methyl sites for hydroxylation is 1. The Morgan fingerprint density at radius 1 is 1.14 bits per heavy atom. The number of hydrogen-bond acceptors (Lipinski definition) is 3. The molecule has 0 aliphatic heterocycles. The molecular weight excluding hydrogens is 278 g/mol. The molecule has 0 unspecified atom stereocenters. The lowest BCUT2D eigenvalue weighted by atomic mass is 10.1. The zero-order valence-electron chi connectivity index (χ0n) is 12.2. The second kappa shape index (κ2) is 8.39. The molecule has 0 bridgehead atoms. The maximum atomic E-state index is 9.03. The number of thioether (sulfide) groups is 1. The Bertz CT molecular complexity index is 619. The van der Waals surface area contributed by atoms with Gasteiger partial charge >= 0.3 is 0 Å². The standard InChI is InChI=1S/C18H19NOS/c1-15-6-4-9-18(12-15)20-10-5-11-21-14-17-8-3-2-7-16(17)13-19/h2-4,6-9,12H,5,10-11,14H2,1H3. The minimum atomic E-state index is 0.732. The average molecular weight is 297 g/mol. The molecule has 0 heterocycles. The van der Waals surface area contributed by atoms with Gasteiger partial charge in [0.2, 0.25) is 0 Å². The molecule has 2 aromatic rings. The predicted octanol–water partition coefficient (Wildman–Crippen LogP) is 4.57. The smallest absolute Gasteiger partial charge is 0.119 e. The molecule has 3 heteroatoms. The molecule has 0 spiro atoms. The number of nitriles is 1. The summed E-state index contributed by atoms with van der Waals surface area (Å²) in [7, 11) is 0. The van der Waals surface area contributed by atoms with Crippen LogP contribution in [0.2, 0.25) is 0 Å². The van der Waals surface area contributed by atoms with Crippen molar-refractivity contribution >= 4 is 11.8 Å². The van der Waals surface area contributed by atoms with Gasteiger partial charge in [-0.1, -0.05) is 30.3 Å². The van der Waals surface area contributed by atoms with Gasteiger partial charge in [-0.2, -0.15) is 17.0 Å². The Morgan fingerprint density at radius 3 is 2.81 bits per heavy atom. The Morgan fingerprint density at radius 2 is 2.00 bits per heavy atom. The highest BCUT2D eigenvalue weighted by molar-refractivity contribution is 7.98. The van der Waals surface area contributed by atoms with Gasteiger partial charge in [0.05, 0.1) is 18.2 Å². The van der Waals surface area contributed by atoms with Gasteiger partial charge in [0.15, 0.2) is 0 Å². The summed E-state index contributed by atoms with van der Waals surface area (Å²) in [5.41, 5.74) is 3.11. The second-order valence-corrected chi connectivity index (χ2v) is 5.95. The third-order valence-corrected chi connectivity index (χ3v) is 4.18. The van der Waals surface area contributed by atoms with Crippen LogP contribution in [-0.2, 0) is 5.75 Å². The van der Waals surface area contributed by atoms with Crippen molar-refractivity contribution < 1.29 is 4.74 Å². The largest absolute Gasteiger partial charge is 0.494 e. The minimum Gasteiger partial charge on any atom is -0.494 e. The topological polar surface area (TPSA) is 33.0 Å². The first-order chi connectivity index (χ1) is 10.3. The highest BCUT2D eigenvalue weighted by atomic mass is 32.2. The highest BCUT2D eigenvalue weighted by Gasteiger charge is 2.00. The Hall–Kier alpha value is -1.92. The molecule has 0 N–H and O–H groups in total. The van der Waals surface area contributed by atoms with Crippen LogP contribution in [0.3, 0.4) is 0 Å². The summed E-state index contributed by atoms with van der Waals surface area (Å²) in [4.78, 5) is 0. The van der Waals surface area contributed by atoms with Gasteiger partial charge in [-0.25, -0.2) is 0 Å². The Kier molecular flexibility index (Phi) is 6.18. The molecule has 0 fully saturated rings. The first-order valence-electron chi connectivity index (χ1n) is 7.05. The summed E-state index contributed by atoms with van der Waals surface area (Å²) < 4.78 is 5.72. The normalized spacial score (nSPS) is 10.1. The Labute approximate surface area is 130 Å². The van der Waals surface area contributed by atoms with Crippen LogP contribution in [0.1, 0.15) is 23.1 Å². The van der Waals surface area contributed by atoms with Crippen LogP contribution in [0, 0.1) is 18.3 Å².